The zero-order chi connectivity index (χ0) is 24.9. The van der Waals surface area contributed by atoms with E-state index in [1.165, 1.54) is 9.91 Å². The van der Waals surface area contributed by atoms with Gasteiger partial charge in [0.15, 0.2) is 5.13 Å². The number of rotatable bonds is 8. The number of amides is 2. The molecule has 0 fully saturated rings. The number of aryl methyl sites for hydroxylation is 1. The van der Waals surface area contributed by atoms with E-state index in [9.17, 15) is 14.4 Å². The molecule has 180 valence electrons. The lowest BCUT2D eigenvalue weighted by Gasteiger charge is -2.20. The fourth-order valence-electron chi connectivity index (χ4n) is 3.71. The number of benzene rings is 2. The molecule has 2 amide bonds. The number of hydrogen-bond donors (Lipinski definition) is 1. The summed E-state index contributed by atoms with van der Waals surface area (Å²) in [6.07, 6.45) is 0.0590. The Kier molecular flexibility index (Phi) is 7.21. The van der Waals surface area contributed by atoms with Gasteiger partial charge in [-0.1, -0.05) is 59.9 Å². The van der Waals surface area contributed by atoms with Crippen LogP contribution in [0.2, 0.25) is 0 Å². The lowest BCUT2D eigenvalue weighted by Crippen LogP contribution is -2.40. The Hall–Kier alpha value is -4.05. The van der Waals surface area contributed by atoms with Crippen LogP contribution in [0.5, 0.6) is 0 Å². The van der Waals surface area contributed by atoms with E-state index >= 15 is 0 Å². The molecule has 1 aromatic heterocycles. The lowest BCUT2D eigenvalue weighted by molar-refractivity contribution is -0.119. The summed E-state index contributed by atoms with van der Waals surface area (Å²) in [4.78, 5) is 44.6. The Morgan fingerprint density at radius 1 is 1.11 bits per heavy atom. The number of thiazole rings is 1. The van der Waals surface area contributed by atoms with Crippen LogP contribution >= 0.6 is 11.3 Å². The Morgan fingerprint density at radius 2 is 1.77 bits per heavy atom. The van der Waals surface area contributed by atoms with Crippen molar-refractivity contribution in [2.24, 2.45) is 10.8 Å². The van der Waals surface area contributed by atoms with Crippen LogP contribution in [0.15, 0.2) is 65.8 Å². The normalized spacial score (nSPS) is 15.0. The van der Waals surface area contributed by atoms with Crippen LogP contribution in [0.25, 0.3) is 0 Å². The molecule has 1 aliphatic heterocycles. The SMILES string of the molecule is CCOC(=O)c1sc(N(Cc2ccccc2)C(=O)C2=NN(c3ccccc3)C(C(N)=O)C2)nc1C. The van der Waals surface area contributed by atoms with E-state index in [2.05, 4.69) is 10.1 Å². The van der Waals surface area contributed by atoms with Gasteiger partial charge in [0.1, 0.15) is 16.6 Å². The quantitative estimate of drug-likeness (QED) is 0.483. The predicted molar refractivity (Wildman–Crippen MR) is 134 cm³/mol. The monoisotopic (exact) mass is 491 g/mol. The van der Waals surface area contributed by atoms with Gasteiger partial charge in [0.25, 0.3) is 5.91 Å². The summed E-state index contributed by atoms with van der Waals surface area (Å²) in [5, 5.41) is 6.31. The third kappa shape index (κ3) is 5.22. The van der Waals surface area contributed by atoms with Crippen molar-refractivity contribution in [2.45, 2.75) is 32.9 Å². The van der Waals surface area contributed by atoms with Crippen LogP contribution in [0.4, 0.5) is 10.8 Å². The number of carbonyl (C=O) groups is 3. The van der Waals surface area contributed by atoms with E-state index < -0.39 is 23.8 Å². The van der Waals surface area contributed by atoms with Crippen molar-refractivity contribution >= 4 is 45.7 Å². The number of ether oxygens (including phenoxy) is 1. The standard InChI is InChI=1S/C25H25N5O4S/c1-3-34-24(33)21-16(2)27-25(35-21)29(15-17-10-6-4-7-11-17)23(32)19-14-20(22(26)31)30(28-19)18-12-8-5-9-13-18/h4-13,20H,3,14-15H2,1-2H3,(H2,26,31). The van der Waals surface area contributed by atoms with Crippen molar-refractivity contribution in [3.05, 3.63) is 76.8 Å². The van der Waals surface area contributed by atoms with Crippen molar-refractivity contribution < 1.29 is 19.1 Å². The maximum atomic E-state index is 13.8. The highest BCUT2D eigenvalue weighted by Gasteiger charge is 2.37. The number of primary amides is 1. The molecule has 4 rings (SSSR count). The number of nitrogens with two attached hydrogens (primary N) is 1. The Balaban J connectivity index is 1.71. The lowest BCUT2D eigenvalue weighted by atomic mass is 10.1. The van der Waals surface area contributed by atoms with Crippen molar-refractivity contribution in [2.75, 3.05) is 16.5 Å². The number of anilines is 2. The number of nitrogens with zero attached hydrogens (tertiary/aromatic N) is 4. The molecule has 3 aromatic rings. The van der Waals surface area contributed by atoms with Crippen molar-refractivity contribution in [3.63, 3.8) is 0 Å². The Morgan fingerprint density at radius 3 is 2.40 bits per heavy atom. The van der Waals surface area contributed by atoms with Crippen LogP contribution in [-0.4, -0.2) is 41.1 Å². The van der Waals surface area contributed by atoms with E-state index in [1.54, 1.807) is 26.0 Å². The van der Waals surface area contributed by atoms with Gasteiger partial charge >= 0.3 is 5.97 Å². The molecule has 1 atom stereocenters. The van der Waals surface area contributed by atoms with Gasteiger partial charge in [0.2, 0.25) is 5.91 Å². The van der Waals surface area contributed by atoms with E-state index in [0.29, 0.717) is 21.4 Å². The third-order valence-corrected chi connectivity index (χ3v) is 6.57. The van der Waals surface area contributed by atoms with Crippen LogP contribution in [-0.2, 0) is 20.9 Å². The van der Waals surface area contributed by atoms with E-state index in [4.69, 9.17) is 10.5 Å². The second kappa shape index (κ2) is 10.5. The predicted octanol–water partition coefficient (Wildman–Crippen LogP) is 3.28. The molecule has 1 unspecified atom stereocenters. The number of hydrogen-bond acceptors (Lipinski definition) is 8. The fraction of sp³-hybridized carbons (Fsp3) is 0.240. The van der Waals surface area contributed by atoms with Crippen molar-refractivity contribution in [3.8, 4) is 0 Å². The highest BCUT2D eigenvalue weighted by atomic mass is 32.1. The first-order valence-electron chi connectivity index (χ1n) is 11.1. The van der Waals surface area contributed by atoms with E-state index in [1.807, 2.05) is 48.5 Å². The zero-order valence-electron chi connectivity index (χ0n) is 19.4. The summed E-state index contributed by atoms with van der Waals surface area (Å²) in [6.45, 7) is 3.87. The molecule has 0 saturated carbocycles. The molecule has 0 spiro atoms. The maximum Gasteiger partial charge on any atom is 0.350 e. The van der Waals surface area contributed by atoms with Crippen molar-refractivity contribution in [1.29, 1.82) is 0 Å². The average Bonchev–Trinajstić information content (AvgIpc) is 3.48. The van der Waals surface area contributed by atoms with Crippen molar-refractivity contribution in [1.82, 2.24) is 4.98 Å². The molecule has 0 bridgehead atoms. The summed E-state index contributed by atoms with van der Waals surface area (Å²) in [5.74, 6) is -1.48. The first-order valence-corrected chi connectivity index (χ1v) is 11.9. The van der Waals surface area contributed by atoms with Gasteiger partial charge in [0.05, 0.1) is 24.5 Å². The average molecular weight is 492 g/mol. The Labute approximate surface area is 206 Å². The van der Waals surface area contributed by atoms with Crippen LogP contribution < -0.4 is 15.6 Å². The summed E-state index contributed by atoms with van der Waals surface area (Å²) in [5.41, 5.74) is 7.83. The number of hydrazone groups is 1. The molecule has 0 radical (unpaired) electrons. The highest BCUT2D eigenvalue weighted by molar-refractivity contribution is 7.17. The topological polar surface area (TPSA) is 118 Å². The molecule has 2 heterocycles. The second-order valence-corrected chi connectivity index (χ2v) is 8.83. The summed E-state index contributed by atoms with van der Waals surface area (Å²) >= 11 is 1.09. The molecular formula is C25H25N5O4S. The summed E-state index contributed by atoms with van der Waals surface area (Å²) in [6, 6.07) is 17.7. The molecular weight excluding hydrogens is 466 g/mol. The molecule has 2 N–H and O–H groups in total. The first kappa shape index (κ1) is 24.1. The minimum Gasteiger partial charge on any atom is -0.462 e. The molecule has 0 saturated heterocycles. The largest absolute Gasteiger partial charge is 0.462 e. The molecule has 0 aliphatic carbocycles. The molecule has 35 heavy (non-hydrogen) atoms. The second-order valence-electron chi connectivity index (χ2n) is 7.86. The van der Waals surface area contributed by atoms with E-state index in [0.717, 1.165) is 16.9 Å². The Bertz CT molecular complexity index is 1260. The smallest absolute Gasteiger partial charge is 0.350 e. The van der Waals surface area contributed by atoms with Gasteiger partial charge in [0, 0.05) is 6.42 Å². The molecule has 9 nitrogen and oxygen atoms in total. The van der Waals surface area contributed by atoms with Gasteiger partial charge in [-0.25, -0.2) is 9.78 Å². The van der Waals surface area contributed by atoms with Gasteiger partial charge < -0.3 is 10.5 Å². The number of esters is 1. The number of para-hydroxylation sites is 1. The molecule has 2 aromatic carbocycles. The van der Waals surface area contributed by atoms with Crippen LogP contribution in [0.3, 0.4) is 0 Å². The van der Waals surface area contributed by atoms with Crippen LogP contribution in [0.1, 0.15) is 34.3 Å². The van der Waals surface area contributed by atoms with Crippen LogP contribution in [0, 0.1) is 6.92 Å². The number of carbonyl (C=O) groups excluding carboxylic acids is 3. The highest BCUT2D eigenvalue weighted by Crippen LogP contribution is 2.31. The minimum absolute atomic E-state index is 0.0590. The summed E-state index contributed by atoms with van der Waals surface area (Å²) < 4.78 is 5.13. The zero-order valence-corrected chi connectivity index (χ0v) is 20.2. The van der Waals surface area contributed by atoms with Gasteiger partial charge in [-0.2, -0.15) is 5.10 Å². The van der Waals surface area contributed by atoms with Gasteiger partial charge in [-0.05, 0) is 31.5 Å². The molecule has 10 heteroatoms. The minimum atomic E-state index is -0.789. The summed E-state index contributed by atoms with van der Waals surface area (Å²) in [7, 11) is 0. The number of aromatic nitrogens is 1. The maximum absolute atomic E-state index is 13.8. The third-order valence-electron chi connectivity index (χ3n) is 5.41. The molecule has 1 aliphatic rings. The van der Waals surface area contributed by atoms with Gasteiger partial charge in [-0.3, -0.25) is 19.5 Å². The first-order chi connectivity index (χ1) is 16.9. The van der Waals surface area contributed by atoms with Gasteiger partial charge in [-0.15, -0.1) is 0 Å². The fourth-order valence-corrected chi connectivity index (χ4v) is 4.67. The van der Waals surface area contributed by atoms with E-state index in [-0.39, 0.29) is 25.3 Å².